The number of para-hydroxylation sites is 1. The van der Waals surface area contributed by atoms with Gasteiger partial charge in [-0.2, -0.15) is 0 Å². The number of methoxy groups -OCH3 is 1. The predicted octanol–water partition coefficient (Wildman–Crippen LogP) is 5.64. The molecule has 8 heteroatoms. The maximum Gasteiger partial charge on any atom is 0.257 e. The number of aryl methyl sites for hydroxylation is 3. The van der Waals surface area contributed by atoms with Gasteiger partial charge >= 0.3 is 0 Å². The van der Waals surface area contributed by atoms with Crippen molar-refractivity contribution in [3.63, 3.8) is 0 Å². The number of ether oxygens (including phenoxy) is 1. The van der Waals surface area contributed by atoms with Gasteiger partial charge in [-0.05, 0) is 44.0 Å². The van der Waals surface area contributed by atoms with E-state index in [1.165, 1.54) is 0 Å². The van der Waals surface area contributed by atoms with E-state index >= 15 is 0 Å². The molecule has 0 fully saturated rings. The maximum absolute atomic E-state index is 13.5. The van der Waals surface area contributed by atoms with Gasteiger partial charge in [0.25, 0.3) is 5.91 Å². The number of benzene rings is 2. The summed E-state index contributed by atoms with van der Waals surface area (Å²) in [7, 11) is 1.67. The number of rotatable bonds is 9. The number of unbranched alkanes of at least 4 members (excludes halogenated alkanes) is 1. The number of imidazole rings is 1. The molecule has 0 radical (unpaired) electrons. The molecule has 0 spiro atoms. The number of nitrogens with one attached hydrogen (secondary N) is 2. The normalized spacial score (nSPS) is 12.3. The molecule has 1 atom stereocenters. The minimum atomic E-state index is -0.374. The molecule has 0 saturated heterocycles. The summed E-state index contributed by atoms with van der Waals surface area (Å²) >= 11 is 0. The van der Waals surface area contributed by atoms with Crippen molar-refractivity contribution in [2.75, 3.05) is 7.11 Å². The lowest BCUT2D eigenvalue weighted by molar-refractivity contribution is 0.0932. The van der Waals surface area contributed by atoms with Gasteiger partial charge in [0.15, 0.2) is 0 Å². The van der Waals surface area contributed by atoms with E-state index in [1.807, 2.05) is 36.5 Å². The molecule has 3 aromatic heterocycles. The van der Waals surface area contributed by atoms with E-state index in [2.05, 4.69) is 39.1 Å². The summed E-state index contributed by atoms with van der Waals surface area (Å²) in [5, 5.41) is 8.36. The number of aromatic nitrogens is 4. The lowest BCUT2D eigenvalue weighted by Gasteiger charge is -2.20. The zero-order valence-corrected chi connectivity index (χ0v) is 21.1. The van der Waals surface area contributed by atoms with Crippen LogP contribution in [0.5, 0.6) is 5.75 Å². The average molecular weight is 486 g/mol. The fourth-order valence-electron chi connectivity index (χ4n) is 4.83. The molecule has 8 nitrogen and oxygen atoms in total. The highest BCUT2D eigenvalue weighted by atomic mass is 16.5. The molecule has 2 aromatic carbocycles. The number of carbonyl (C=O) groups is 1. The monoisotopic (exact) mass is 485 g/mol. The van der Waals surface area contributed by atoms with E-state index in [4.69, 9.17) is 14.2 Å². The van der Waals surface area contributed by atoms with Gasteiger partial charge in [-0.15, -0.1) is 0 Å². The Bertz CT molecular complexity index is 1510. The largest absolute Gasteiger partial charge is 0.497 e. The van der Waals surface area contributed by atoms with Gasteiger partial charge in [-0.25, -0.2) is 4.98 Å². The van der Waals surface area contributed by atoms with Crippen LogP contribution in [0.4, 0.5) is 0 Å². The molecule has 186 valence electrons. The minimum absolute atomic E-state index is 0.220. The summed E-state index contributed by atoms with van der Waals surface area (Å²) in [5.74, 6) is 1.87. The fraction of sp³-hybridized carbons (Fsp3) is 0.321. The molecule has 1 unspecified atom stereocenters. The molecule has 3 heterocycles. The van der Waals surface area contributed by atoms with Crippen molar-refractivity contribution >= 4 is 27.8 Å². The second kappa shape index (κ2) is 9.89. The summed E-state index contributed by atoms with van der Waals surface area (Å²) < 4.78 is 13.0. The molecule has 2 N–H and O–H groups in total. The Hall–Kier alpha value is -4.07. The second-order valence-corrected chi connectivity index (χ2v) is 9.12. The number of hydrogen-bond acceptors (Lipinski definition) is 5. The third kappa shape index (κ3) is 4.34. The SMILES string of the molecule is CCCCn1c(C(Cc2c[nH]c3ccccc23)NC(=O)c2c(C)noc2C)nc2ccc(OC)cc21. The third-order valence-corrected chi connectivity index (χ3v) is 6.70. The van der Waals surface area contributed by atoms with Crippen LogP contribution in [0.25, 0.3) is 21.9 Å². The van der Waals surface area contributed by atoms with Crippen LogP contribution < -0.4 is 10.1 Å². The molecular formula is C28H31N5O3. The lowest BCUT2D eigenvalue weighted by atomic mass is 10.0. The Morgan fingerprint density at radius 2 is 2.06 bits per heavy atom. The van der Waals surface area contributed by atoms with Crippen molar-refractivity contribution in [3.8, 4) is 5.75 Å². The van der Waals surface area contributed by atoms with Gasteiger partial charge in [-0.1, -0.05) is 36.7 Å². The number of aromatic amines is 1. The van der Waals surface area contributed by atoms with E-state index in [9.17, 15) is 4.79 Å². The Morgan fingerprint density at radius 3 is 2.81 bits per heavy atom. The van der Waals surface area contributed by atoms with Crippen LogP contribution in [0.1, 0.15) is 59.0 Å². The molecule has 5 aromatic rings. The van der Waals surface area contributed by atoms with Crippen molar-refractivity contribution in [3.05, 3.63) is 77.1 Å². The zero-order valence-electron chi connectivity index (χ0n) is 21.1. The first-order chi connectivity index (χ1) is 17.5. The first kappa shape index (κ1) is 23.7. The van der Waals surface area contributed by atoms with Crippen LogP contribution >= 0.6 is 0 Å². The van der Waals surface area contributed by atoms with Crippen LogP contribution in [0.3, 0.4) is 0 Å². The summed E-state index contributed by atoms with van der Waals surface area (Å²) in [6.07, 6.45) is 4.63. The van der Waals surface area contributed by atoms with Crippen molar-refractivity contribution < 1.29 is 14.1 Å². The van der Waals surface area contributed by atoms with Crippen LogP contribution in [0, 0.1) is 13.8 Å². The van der Waals surface area contributed by atoms with E-state index in [1.54, 1.807) is 21.0 Å². The highest BCUT2D eigenvalue weighted by Gasteiger charge is 2.27. The van der Waals surface area contributed by atoms with Crippen molar-refractivity contribution in [1.29, 1.82) is 0 Å². The number of fused-ring (bicyclic) bond motifs is 2. The lowest BCUT2D eigenvalue weighted by Crippen LogP contribution is -2.32. The number of carbonyl (C=O) groups excluding carboxylic acids is 1. The van der Waals surface area contributed by atoms with Gasteiger partial charge in [0.2, 0.25) is 0 Å². The smallest absolute Gasteiger partial charge is 0.257 e. The second-order valence-electron chi connectivity index (χ2n) is 9.12. The van der Waals surface area contributed by atoms with Crippen LogP contribution in [-0.4, -0.2) is 32.7 Å². The van der Waals surface area contributed by atoms with E-state index in [-0.39, 0.29) is 11.9 Å². The third-order valence-electron chi connectivity index (χ3n) is 6.70. The Labute approximate surface area is 209 Å². The molecule has 0 aliphatic carbocycles. The summed E-state index contributed by atoms with van der Waals surface area (Å²) in [5.41, 5.74) is 5.08. The topological polar surface area (TPSA) is 98.0 Å². The van der Waals surface area contributed by atoms with Gasteiger partial charge < -0.3 is 24.1 Å². The number of amides is 1. The molecule has 0 bridgehead atoms. The highest BCUT2D eigenvalue weighted by molar-refractivity contribution is 5.96. The fourth-order valence-corrected chi connectivity index (χ4v) is 4.83. The number of H-pyrrole nitrogens is 1. The number of nitrogens with zero attached hydrogens (tertiary/aromatic N) is 3. The van der Waals surface area contributed by atoms with Crippen molar-refractivity contribution in [1.82, 2.24) is 25.0 Å². The highest BCUT2D eigenvalue weighted by Crippen LogP contribution is 2.30. The Balaban J connectivity index is 1.62. The molecule has 0 aliphatic heterocycles. The van der Waals surface area contributed by atoms with Crippen LogP contribution in [0.2, 0.25) is 0 Å². The number of hydrogen-bond donors (Lipinski definition) is 2. The maximum atomic E-state index is 13.5. The Morgan fingerprint density at radius 1 is 1.22 bits per heavy atom. The van der Waals surface area contributed by atoms with Gasteiger partial charge in [0.05, 0.1) is 29.9 Å². The standard InChI is InChI=1S/C28H31N5O3/c1-5-6-13-33-25-15-20(35-4)11-12-23(25)30-27(33)24(31-28(34)26-17(2)32-36-18(26)3)14-19-16-29-22-10-8-7-9-21(19)22/h7-12,15-16,24,29H,5-6,13-14H2,1-4H3,(H,31,34). The molecule has 5 rings (SSSR count). The minimum Gasteiger partial charge on any atom is -0.497 e. The van der Waals surface area contributed by atoms with Gasteiger partial charge in [0.1, 0.15) is 22.9 Å². The summed E-state index contributed by atoms with van der Waals surface area (Å²) in [4.78, 5) is 21.9. The Kier molecular flexibility index (Phi) is 6.50. The van der Waals surface area contributed by atoms with E-state index in [0.717, 1.165) is 58.5 Å². The van der Waals surface area contributed by atoms with Crippen molar-refractivity contribution in [2.45, 2.75) is 52.6 Å². The molecular weight excluding hydrogens is 454 g/mol. The molecule has 36 heavy (non-hydrogen) atoms. The molecule has 0 aliphatic rings. The average Bonchev–Trinajstić information content (AvgIpc) is 3.56. The molecule has 1 amide bonds. The predicted molar refractivity (Wildman–Crippen MR) is 139 cm³/mol. The first-order valence-corrected chi connectivity index (χ1v) is 12.3. The molecule has 0 saturated carbocycles. The van der Waals surface area contributed by atoms with Crippen LogP contribution in [0.15, 0.2) is 53.2 Å². The van der Waals surface area contributed by atoms with Gasteiger partial charge in [0, 0.05) is 36.1 Å². The summed E-state index contributed by atoms with van der Waals surface area (Å²) in [6.45, 7) is 6.50. The zero-order chi connectivity index (χ0) is 25.2. The van der Waals surface area contributed by atoms with E-state index in [0.29, 0.717) is 23.4 Å². The summed E-state index contributed by atoms with van der Waals surface area (Å²) in [6, 6.07) is 13.7. The van der Waals surface area contributed by atoms with E-state index < -0.39 is 0 Å². The van der Waals surface area contributed by atoms with Crippen LogP contribution in [-0.2, 0) is 13.0 Å². The van der Waals surface area contributed by atoms with Crippen molar-refractivity contribution in [2.24, 2.45) is 0 Å². The first-order valence-electron chi connectivity index (χ1n) is 12.3. The quantitative estimate of drug-likeness (QED) is 0.281. The van der Waals surface area contributed by atoms with Gasteiger partial charge in [-0.3, -0.25) is 4.79 Å².